The van der Waals surface area contributed by atoms with E-state index >= 15 is 0 Å². The summed E-state index contributed by atoms with van der Waals surface area (Å²) in [5, 5.41) is 5.28. The first-order valence-corrected chi connectivity index (χ1v) is 8.52. The zero-order valence-corrected chi connectivity index (χ0v) is 14.6. The van der Waals surface area contributed by atoms with Crippen molar-refractivity contribution >= 4 is 35.2 Å². The normalized spacial score (nSPS) is 10.1. The van der Waals surface area contributed by atoms with Crippen molar-refractivity contribution in [2.45, 2.75) is 6.92 Å². The highest BCUT2D eigenvalue weighted by molar-refractivity contribution is 8.00. The maximum absolute atomic E-state index is 11.8. The van der Waals surface area contributed by atoms with Crippen molar-refractivity contribution in [1.82, 2.24) is 5.32 Å². The van der Waals surface area contributed by atoms with E-state index in [1.54, 1.807) is 6.07 Å². The highest BCUT2D eigenvalue weighted by atomic mass is 32.2. The Morgan fingerprint density at radius 3 is 2.67 bits per heavy atom. The molecule has 0 saturated heterocycles. The number of ether oxygens (including phenoxy) is 2. The first kappa shape index (κ1) is 20.0. The molecule has 0 aliphatic heterocycles. The smallest absolute Gasteiger partial charge is 0.316 e. The van der Waals surface area contributed by atoms with Gasteiger partial charge in [-0.2, -0.15) is 0 Å². The highest BCUT2D eigenvalue weighted by Gasteiger charge is 2.09. The van der Waals surface area contributed by atoms with Crippen LogP contribution in [0.25, 0.3) is 0 Å². The van der Waals surface area contributed by atoms with Crippen LogP contribution in [0.3, 0.4) is 0 Å². The molecule has 1 aromatic carbocycles. The molecule has 0 saturated carbocycles. The quantitative estimate of drug-likeness (QED) is 0.480. The molecule has 0 unspecified atom stereocenters. The van der Waals surface area contributed by atoms with Gasteiger partial charge in [-0.3, -0.25) is 14.4 Å². The summed E-state index contributed by atoms with van der Waals surface area (Å²) in [6.07, 6.45) is 0. The summed E-state index contributed by atoms with van der Waals surface area (Å²) in [5.74, 6) is -0.987. The summed E-state index contributed by atoms with van der Waals surface area (Å²) in [6, 6.07) is 7.45. The summed E-state index contributed by atoms with van der Waals surface area (Å²) >= 11 is 1.13. The number of hydrogen-bond donors (Lipinski definition) is 2. The molecule has 8 heteroatoms. The second kappa shape index (κ2) is 11.5. The molecule has 0 aromatic heterocycles. The van der Waals surface area contributed by atoms with E-state index in [1.165, 1.54) is 7.11 Å². The third-order valence-corrected chi connectivity index (χ3v) is 3.65. The Kier molecular flexibility index (Phi) is 9.55. The molecule has 0 radical (unpaired) electrons. The van der Waals surface area contributed by atoms with Crippen molar-refractivity contribution in [1.29, 1.82) is 0 Å². The number of methoxy groups -OCH3 is 1. The third kappa shape index (κ3) is 9.16. The highest BCUT2D eigenvalue weighted by Crippen LogP contribution is 2.10. The molecule has 132 valence electrons. The molecule has 7 nitrogen and oxygen atoms in total. The fraction of sp³-hybridized carbons (Fsp3) is 0.438. The molecular formula is C16H22N2O5S. The number of anilines is 1. The predicted molar refractivity (Wildman–Crippen MR) is 93.0 cm³/mol. The second-order valence-corrected chi connectivity index (χ2v) is 5.90. The van der Waals surface area contributed by atoms with Crippen LogP contribution in [0, 0.1) is 6.92 Å². The number of benzene rings is 1. The molecule has 0 spiro atoms. The van der Waals surface area contributed by atoms with Gasteiger partial charge in [0.1, 0.15) is 0 Å². The number of amides is 2. The third-order valence-electron chi connectivity index (χ3n) is 2.75. The molecule has 0 atom stereocenters. The van der Waals surface area contributed by atoms with Gasteiger partial charge in [0.05, 0.1) is 18.1 Å². The Bertz CT molecular complexity index is 565. The Morgan fingerprint density at radius 2 is 1.96 bits per heavy atom. The fourth-order valence-corrected chi connectivity index (χ4v) is 2.29. The van der Waals surface area contributed by atoms with Crippen LogP contribution < -0.4 is 10.6 Å². The van der Waals surface area contributed by atoms with E-state index < -0.39 is 5.97 Å². The molecule has 24 heavy (non-hydrogen) atoms. The van der Waals surface area contributed by atoms with Gasteiger partial charge in [0.2, 0.25) is 5.91 Å². The number of aryl methyl sites for hydroxylation is 1. The minimum Gasteiger partial charge on any atom is -0.455 e. The summed E-state index contributed by atoms with van der Waals surface area (Å²) in [6.45, 7) is 2.36. The first-order valence-electron chi connectivity index (χ1n) is 7.37. The lowest BCUT2D eigenvalue weighted by Crippen LogP contribution is -2.31. The maximum atomic E-state index is 11.8. The molecule has 0 fully saturated rings. The van der Waals surface area contributed by atoms with Gasteiger partial charge in [0.15, 0.2) is 6.61 Å². The van der Waals surface area contributed by atoms with Crippen LogP contribution in [0.2, 0.25) is 0 Å². The van der Waals surface area contributed by atoms with Crippen molar-refractivity contribution in [2.24, 2.45) is 0 Å². The monoisotopic (exact) mass is 354 g/mol. The second-order valence-electron chi connectivity index (χ2n) is 4.91. The van der Waals surface area contributed by atoms with Gasteiger partial charge < -0.3 is 20.1 Å². The van der Waals surface area contributed by atoms with Gasteiger partial charge in [-0.05, 0) is 24.6 Å². The predicted octanol–water partition coefficient (Wildman–Crippen LogP) is 0.973. The van der Waals surface area contributed by atoms with Gasteiger partial charge in [0.25, 0.3) is 5.91 Å². The van der Waals surface area contributed by atoms with E-state index in [0.29, 0.717) is 13.2 Å². The molecule has 1 rings (SSSR count). The van der Waals surface area contributed by atoms with Gasteiger partial charge >= 0.3 is 5.97 Å². The fourth-order valence-electron chi connectivity index (χ4n) is 1.68. The number of hydrogen-bond acceptors (Lipinski definition) is 6. The summed E-state index contributed by atoms with van der Waals surface area (Å²) in [5.41, 5.74) is 1.77. The van der Waals surface area contributed by atoms with Crippen molar-refractivity contribution in [3.05, 3.63) is 29.8 Å². The van der Waals surface area contributed by atoms with E-state index in [2.05, 4.69) is 10.6 Å². The average molecular weight is 354 g/mol. The van der Waals surface area contributed by atoms with E-state index in [-0.39, 0.29) is 29.9 Å². The Hall–Kier alpha value is -2.06. The number of esters is 1. The molecule has 0 bridgehead atoms. The molecular weight excluding hydrogens is 332 g/mol. The first-order chi connectivity index (χ1) is 11.5. The number of carbonyl (C=O) groups excluding carboxylic acids is 3. The van der Waals surface area contributed by atoms with E-state index in [4.69, 9.17) is 9.47 Å². The Balaban J connectivity index is 2.14. The lowest BCUT2D eigenvalue weighted by molar-refractivity contribution is -0.145. The van der Waals surface area contributed by atoms with E-state index in [0.717, 1.165) is 23.0 Å². The largest absolute Gasteiger partial charge is 0.455 e. The number of nitrogens with one attached hydrogen (secondary N) is 2. The van der Waals surface area contributed by atoms with Crippen molar-refractivity contribution in [2.75, 3.05) is 43.7 Å². The van der Waals surface area contributed by atoms with Crippen LogP contribution in [0.15, 0.2) is 24.3 Å². The van der Waals surface area contributed by atoms with Crippen molar-refractivity contribution < 1.29 is 23.9 Å². The van der Waals surface area contributed by atoms with Crippen LogP contribution in [0.4, 0.5) is 5.69 Å². The number of rotatable bonds is 10. The van der Waals surface area contributed by atoms with Crippen LogP contribution in [0.5, 0.6) is 0 Å². The van der Waals surface area contributed by atoms with E-state index in [9.17, 15) is 14.4 Å². The maximum Gasteiger partial charge on any atom is 0.316 e. The van der Waals surface area contributed by atoms with Crippen LogP contribution in [-0.2, 0) is 23.9 Å². The van der Waals surface area contributed by atoms with E-state index in [1.807, 2.05) is 25.1 Å². The molecule has 2 N–H and O–H groups in total. The van der Waals surface area contributed by atoms with Crippen molar-refractivity contribution in [3.8, 4) is 0 Å². The molecule has 0 aliphatic rings. The lowest BCUT2D eigenvalue weighted by Gasteiger charge is -2.07. The summed E-state index contributed by atoms with van der Waals surface area (Å²) in [4.78, 5) is 34.6. The Labute approximate surface area is 145 Å². The minimum absolute atomic E-state index is 0.00654. The van der Waals surface area contributed by atoms with Gasteiger partial charge in [-0.1, -0.05) is 12.1 Å². The SMILES string of the molecule is COCCNC(=O)COC(=O)CSCC(=O)Nc1cccc(C)c1. The minimum atomic E-state index is -0.537. The summed E-state index contributed by atoms with van der Waals surface area (Å²) in [7, 11) is 1.53. The standard InChI is InChI=1S/C16H22N2O5S/c1-12-4-3-5-13(8-12)18-15(20)10-24-11-16(21)23-9-14(19)17-6-7-22-2/h3-5,8H,6-7,9-11H2,1-2H3,(H,17,19)(H,18,20). The Morgan fingerprint density at radius 1 is 1.17 bits per heavy atom. The van der Waals surface area contributed by atoms with Gasteiger partial charge in [0, 0.05) is 19.3 Å². The van der Waals surface area contributed by atoms with Crippen LogP contribution in [-0.4, -0.2) is 56.2 Å². The van der Waals surface area contributed by atoms with Crippen LogP contribution >= 0.6 is 11.8 Å². The molecule has 2 amide bonds. The van der Waals surface area contributed by atoms with Crippen molar-refractivity contribution in [3.63, 3.8) is 0 Å². The number of thioether (sulfide) groups is 1. The topological polar surface area (TPSA) is 93.7 Å². The molecule has 0 heterocycles. The zero-order chi connectivity index (χ0) is 17.8. The number of carbonyl (C=O) groups is 3. The van der Waals surface area contributed by atoms with Gasteiger partial charge in [-0.15, -0.1) is 11.8 Å². The van der Waals surface area contributed by atoms with Crippen LogP contribution in [0.1, 0.15) is 5.56 Å². The molecule has 1 aromatic rings. The van der Waals surface area contributed by atoms with Gasteiger partial charge in [-0.25, -0.2) is 0 Å². The average Bonchev–Trinajstić information content (AvgIpc) is 2.53. The zero-order valence-electron chi connectivity index (χ0n) is 13.8. The summed E-state index contributed by atoms with van der Waals surface area (Å²) < 4.78 is 9.58. The molecule has 0 aliphatic carbocycles. The lowest BCUT2D eigenvalue weighted by atomic mass is 10.2.